The van der Waals surface area contributed by atoms with Gasteiger partial charge in [0.2, 0.25) is 0 Å². The molecule has 0 bridgehead atoms. The zero-order valence-electron chi connectivity index (χ0n) is 6.20. The molecule has 12 heavy (non-hydrogen) atoms. The Morgan fingerprint density at radius 3 is 2.75 bits per heavy atom. The van der Waals surface area contributed by atoms with Crippen LogP contribution in [0.15, 0.2) is 28.7 Å². The molecule has 2 nitrogen and oxygen atoms in total. The average Bonchev–Trinajstić information content (AvgIpc) is 2.84. The first kappa shape index (κ1) is 7.78. The largest absolute Gasteiger partial charge is 0.348 e. The highest BCUT2D eigenvalue weighted by Crippen LogP contribution is 2.41. The maximum atomic E-state index is 8.54. The van der Waals surface area contributed by atoms with Gasteiger partial charge in [-0.2, -0.15) is 5.26 Å². The summed E-state index contributed by atoms with van der Waals surface area (Å²) in [6.07, 6.45) is -0.269. The zero-order chi connectivity index (χ0) is 8.55. The van der Waals surface area contributed by atoms with Crippen LogP contribution < -0.4 is 0 Å². The molecule has 1 aliphatic rings. The SMILES string of the molecule is N#CC1OC1c1ccccc1Br. The molecule has 0 saturated carbocycles. The first-order valence-corrected chi connectivity index (χ1v) is 4.42. The number of rotatable bonds is 1. The van der Waals surface area contributed by atoms with E-state index in [4.69, 9.17) is 10.00 Å². The predicted octanol–water partition coefficient (Wildman–Crippen LogP) is 2.41. The minimum absolute atomic E-state index is 0.0226. The number of hydrogen-bond donors (Lipinski definition) is 0. The Morgan fingerprint density at radius 2 is 2.17 bits per heavy atom. The van der Waals surface area contributed by atoms with Crippen LogP contribution in [0.25, 0.3) is 0 Å². The second-order valence-corrected chi connectivity index (χ2v) is 3.48. The van der Waals surface area contributed by atoms with E-state index in [0.29, 0.717) is 0 Å². The molecule has 60 valence electrons. The van der Waals surface area contributed by atoms with Crippen LogP contribution in [0, 0.1) is 11.3 Å². The zero-order valence-corrected chi connectivity index (χ0v) is 7.78. The monoisotopic (exact) mass is 223 g/mol. The van der Waals surface area contributed by atoms with Crippen LogP contribution in [0.3, 0.4) is 0 Å². The molecule has 1 aliphatic heterocycles. The van der Waals surface area contributed by atoms with E-state index in [-0.39, 0.29) is 12.2 Å². The molecule has 1 fully saturated rings. The fourth-order valence-corrected chi connectivity index (χ4v) is 1.66. The van der Waals surface area contributed by atoms with Crippen molar-refractivity contribution >= 4 is 15.9 Å². The molecule has 1 aromatic carbocycles. The second-order valence-electron chi connectivity index (χ2n) is 2.63. The first-order chi connectivity index (χ1) is 5.83. The van der Waals surface area contributed by atoms with Gasteiger partial charge in [-0.1, -0.05) is 34.1 Å². The molecule has 0 spiro atoms. The second kappa shape index (κ2) is 2.89. The third-order valence-corrected chi connectivity index (χ3v) is 2.55. The summed E-state index contributed by atoms with van der Waals surface area (Å²) >= 11 is 3.40. The van der Waals surface area contributed by atoms with Crippen molar-refractivity contribution < 1.29 is 4.74 Å². The lowest BCUT2D eigenvalue weighted by Crippen LogP contribution is -1.85. The number of nitrogens with zero attached hydrogens (tertiary/aromatic N) is 1. The van der Waals surface area contributed by atoms with Crippen LogP contribution in [0.2, 0.25) is 0 Å². The van der Waals surface area contributed by atoms with Gasteiger partial charge in [-0.3, -0.25) is 0 Å². The minimum Gasteiger partial charge on any atom is -0.348 e. The summed E-state index contributed by atoms with van der Waals surface area (Å²) < 4.78 is 6.15. The van der Waals surface area contributed by atoms with Crippen molar-refractivity contribution in [1.29, 1.82) is 5.26 Å². The van der Waals surface area contributed by atoms with Crippen LogP contribution in [-0.2, 0) is 4.74 Å². The van der Waals surface area contributed by atoms with E-state index < -0.39 is 0 Å². The van der Waals surface area contributed by atoms with Crippen LogP contribution >= 0.6 is 15.9 Å². The van der Waals surface area contributed by atoms with Gasteiger partial charge < -0.3 is 4.74 Å². The number of epoxide rings is 1. The molecule has 2 atom stereocenters. The Labute approximate surface area is 78.9 Å². The summed E-state index contributed by atoms with van der Waals surface area (Å²) in [6, 6.07) is 9.87. The minimum atomic E-state index is -0.247. The Hall–Kier alpha value is -0.850. The number of benzene rings is 1. The molecule has 0 aliphatic carbocycles. The van der Waals surface area contributed by atoms with Crippen LogP contribution in [-0.4, -0.2) is 6.10 Å². The highest BCUT2D eigenvalue weighted by atomic mass is 79.9. The van der Waals surface area contributed by atoms with Gasteiger partial charge in [0.15, 0.2) is 6.10 Å². The fraction of sp³-hybridized carbons (Fsp3) is 0.222. The van der Waals surface area contributed by atoms with Gasteiger partial charge in [-0.05, 0) is 11.6 Å². The van der Waals surface area contributed by atoms with E-state index in [1.165, 1.54) is 0 Å². The van der Waals surface area contributed by atoms with E-state index in [2.05, 4.69) is 22.0 Å². The van der Waals surface area contributed by atoms with E-state index in [0.717, 1.165) is 10.0 Å². The van der Waals surface area contributed by atoms with Gasteiger partial charge in [0.25, 0.3) is 0 Å². The summed E-state index contributed by atoms with van der Waals surface area (Å²) in [5, 5.41) is 8.54. The number of nitriles is 1. The standard InChI is InChI=1S/C9H6BrNO/c10-7-4-2-1-3-6(7)9-8(5-11)12-9/h1-4,8-9H. The Bertz CT molecular complexity index is 345. The van der Waals surface area contributed by atoms with Crippen molar-refractivity contribution in [2.24, 2.45) is 0 Å². The lowest BCUT2D eigenvalue weighted by atomic mass is 10.1. The third kappa shape index (κ3) is 1.24. The third-order valence-electron chi connectivity index (χ3n) is 1.83. The van der Waals surface area contributed by atoms with Gasteiger partial charge in [-0.15, -0.1) is 0 Å². The van der Waals surface area contributed by atoms with E-state index in [1.54, 1.807) is 0 Å². The molecule has 2 unspecified atom stereocenters. The van der Waals surface area contributed by atoms with Crippen molar-refractivity contribution in [3.05, 3.63) is 34.3 Å². The van der Waals surface area contributed by atoms with E-state index >= 15 is 0 Å². The molecule has 1 heterocycles. The van der Waals surface area contributed by atoms with Crippen molar-refractivity contribution in [1.82, 2.24) is 0 Å². The van der Waals surface area contributed by atoms with E-state index in [1.807, 2.05) is 24.3 Å². The summed E-state index contributed by atoms with van der Waals surface area (Å²) in [5.74, 6) is 0. The Balaban J connectivity index is 2.26. The Morgan fingerprint density at radius 1 is 1.42 bits per heavy atom. The van der Waals surface area contributed by atoms with Gasteiger partial charge >= 0.3 is 0 Å². The van der Waals surface area contributed by atoms with E-state index in [9.17, 15) is 0 Å². The summed E-state index contributed by atoms with van der Waals surface area (Å²) in [5.41, 5.74) is 1.06. The predicted molar refractivity (Wildman–Crippen MR) is 47.4 cm³/mol. The maximum absolute atomic E-state index is 8.54. The number of halogens is 1. The highest BCUT2D eigenvalue weighted by molar-refractivity contribution is 9.10. The maximum Gasteiger partial charge on any atom is 0.175 e. The van der Waals surface area contributed by atoms with Crippen molar-refractivity contribution in [2.45, 2.75) is 12.2 Å². The van der Waals surface area contributed by atoms with Crippen LogP contribution in [0.1, 0.15) is 11.7 Å². The van der Waals surface area contributed by atoms with Crippen molar-refractivity contribution in [3.63, 3.8) is 0 Å². The molecule has 0 radical (unpaired) electrons. The molecule has 0 aromatic heterocycles. The van der Waals surface area contributed by atoms with Crippen molar-refractivity contribution in [3.8, 4) is 6.07 Å². The first-order valence-electron chi connectivity index (χ1n) is 3.62. The molecule has 3 heteroatoms. The fourth-order valence-electron chi connectivity index (χ4n) is 1.15. The summed E-state index contributed by atoms with van der Waals surface area (Å²) in [7, 11) is 0. The molecule has 1 saturated heterocycles. The highest BCUT2D eigenvalue weighted by Gasteiger charge is 2.41. The van der Waals surface area contributed by atoms with Gasteiger partial charge in [0.1, 0.15) is 6.10 Å². The van der Waals surface area contributed by atoms with Gasteiger partial charge in [0, 0.05) is 4.47 Å². The lowest BCUT2D eigenvalue weighted by Gasteiger charge is -1.96. The molecular formula is C9H6BrNO. The Kier molecular flexibility index (Phi) is 1.87. The lowest BCUT2D eigenvalue weighted by molar-refractivity contribution is 0.395. The van der Waals surface area contributed by atoms with Crippen molar-refractivity contribution in [2.75, 3.05) is 0 Å². The van der Waals surface area contributed by atoms with Crippen LogP contribution in [0.5, 0.6) is 0 Å². The quantitative estimate of drug-likeness (QED) is 0.686. The van der Waals surface area contributed by atoms with Crippen LogP contribution in [0.4, 0.5) is 0 Å². The van der Waals surface area contributed by atoms with Gasteiger partial charge in [-0.25, -0.2) is 0 Å². The summed E-state index contributed by atoms with van der Waals surface area (Å²) in [4.78, 5) is 0. The molecule has 1 aromatic rings. The number of ether oxygens (including phenoxy) is 1. The molecular weight excluding hydrogens is 218 g/mol. The molecule has 0 N–H and O–H groups in total. The topological polar surface area (TPSA) is 36.3 Å². The normalized spacial score (nSPS) is 26.3. The molecule has 2 rings (SSSR count). The average molecular weight is 224 g/mol. The summed E-state index contributed by atoms with van der Waals surface area (Å²) in [6.45, 7) is 0. The van der Waals surface area contributed by atoms with Gasteiger partial charge in [0.05, 0.1) is 6.07 Å². The smallest absolute Gasteiger partial charge is 0.175 e. The molecule has 0 amide bonds. The number of hydrogen-bond acceptors (Lipinski definition) is 2.